The highest BCUT2D eigenvalue weighted by molar-refractivity contribution is 7.11. The summed E-state index contributed by atoms with van der Waals surface area (Å²) in [5, 5.41) is 4.71. The molecule has 1 unspecified atom stereocenters. The molecule has 21 heavy (non-hydrogen) atoms. The lowest BCUT2D eigenvalue weighted by Gasteiger charge is -2.15. The second kappa shape index (κ2) is 7.69. The summed E-state index contributed by atoms with van der Waals surface area (Å²) in [5.74, 6) is 0. The van der Waals surface area contributed by atoms with Crippen molar-refractivity contribution in [1.29, 1.82) is 0 Å². The van der Waals surface area contributed by atoms with Crippen LogP contribution >= 0.6 is 11.3 Å². The molecule has 114 valence electrons. The highest BCUT2D eigenvalue weighted by Gasteiger charge is 2.13. The quantitative estimate of drug-likeness (QED) is 0.834. The third-order valence-corrected chi connectivity index (χ3v) is 4.43. The van der Waals surface area contributed by atoms with Crippen molar-refractivity contribution >= 4 is 11.3 Å². The molecule has 3 nitrogen and oxygen atoms in total. The Morgan fingerprint density at radius 2 is 1.95 bits per heavy atom. The zero-order valence-electron chi connectivity index (χ0n) is 13.3. The van der Waals surface area contributed by atoms with E-state index in [4.69, 9.17) is 4.74 Å². The van der Waals surface area contributed by atoms with Crippen molar-refractivity contribution in [2.75, 3.05) is 6.61 Å². The van der Waals surface area contributed by atoms with Gasteiger partial charge >= 0.3 is 0 Å². The predicted molar refractivity (Wildman–Crippen MR) is 88.6 cm³/mol. The van der Waals surface area contributed by atoms with Gasteiger partial charge < -0.3 is 10.1 Å². The van der Waals surface area contributed by atoms with Crippen LogP contribution in [0.3, 0.4) is 0 Å². The molecule has 0 spiro atoms. The predicted octanol–water partition coefficient (Wildman–Crippen LogP) is 4.15. The van der Waals surface area contributed by atoms with E-state index < -0.39 is 0 Å². The van der Waals surface area contributed by atoms with E-state index in [9.17, 15) is 0 Å². The summed E-state index contributed by atoms with van der Waals surface area (Å²) in [5.41, 5.74) is 3.72. The van der Waals surface area contributed by atoms with E-state index in [0.717, 1.165) is 18.2 Å². The number of rotatable bonds is 7. The molecule has 4 heteroatoms. The number of nitrogens with zero attached hydrogens (tertiary/aromatic N) is 1. The van der Waals surface area contributed by atoms with E-state index in [1.165, 1.54) is 21.7 Å². The fourth-order valence-electron chi connectivity index (χ4n) is 2.39. The molecule has 1 heterocycles. The average molecular weight is 304 g/mol. The third kappa shape index (κ3) is 4.37. The Labute approximate surface area is 131 Å². The van der Waals surface area contributed by atoms with Gasteiger partial charge in [-0.25, -0.2) is 4.98 Å². The molecule has 0 aliphatic heterocycles. The molecule has 2 rings (SSSR count). The largest absolute Gasteiger partial charge is 0.377 e. The molecule has 2 aromatic rings. The Bertz CT molecular complexity index is 580. The Hall–Kier alpha value is -1.23. The second-order valence-electron chi connectivity index (χ2n) is 5.18. The maximum atomic E-state index is 5.54. The van der Waals surface area contributed by atoms with Crippen molar-refractivity contribution in [3.05, 3.63) is 51.0 Å². The molecule has 1 aromatic carbocycles. The van der Waals surface area contributed by atoms with Crippen molar-refractivity contribution < 1.29 is 4.74 Å². The van der Waals surface area contributed by atoms with E-state index in [1.807, 2.05) is 6.92 Å². The van der Waals surface area contributed by atoms with Crippen LogP contribution in [0.5, 0.6) is 0 Å². The molecule has 1 aromatic heterocycles. The van der Waals surface area contributed by atoms with Crippen molar-refractivity contribution in [1.82, 2.24) is 10.3 Å². The first kappa shape index (κ1) is 16.1. The topological polar surface area (TPSA) is 34.1 Å². The maximum Gasteiger partial charge on any atom is 0.0900 e. The first-order valence-corrected chi connectivity index (χ1v) is 8.25. The molecule has 0 saturated carbocycles. The van der Waals surface area contributed by atoms with Crippen LogP contribution in [0.25, 0.3) is 0 Å². The van der Waals surface area contributed by atoms with Gasteiger partial charge in [-0.1, -0.05) is 24.3 Å². The van der Waals surface area contributed by atoms with Gasteiger partial charge in [-0.05, 0) is 38.8 Å². The fourth-order valence-corrected chi connectivity index (χ4v) is 3.30. The van der Waals surface area contributed by atoms with Gasteiger partial charge in [0.15, 0.2) is 0 Å². The normalized spacial score (nSPS) is 12.6. The first-order valence-electron chi connectivity index (χ1n) is 7.43. The molecular formula is C17H24N2OS. The van der Waals surface area contributed by atoms with Gasteiger partial charge in [0.05, 0.1) is 17.3 Å². The zero-order valence-corrected chi connectivity index (χ0v) is 14.1. The van der Waals surface area contributed by atoms with Crippen LogP contribution in [-0.4, -0.2) is 11.6 Å². The van der Waals surface area contributed by atoms with Crippen LogP contribution in [0.1, 0.15) is 46.6 Å². The van der Waals surface area contributed by atoms with E-state index in [1.54, 1.807) is 11.3 Å². The highest BCUT2D eigenvalue weighted by Crippen LogP contribution is 2.23. The Morgan fingerprint density at radius 1 is 1.24 bits per heavy atom. The van der Waals surface area contributed by atoms with Crippen molar-refractivity contribution in [3.63, 3.8) is 0 Å². The number of benzene rings is 1. The standard InChI is InChI=1S/C17H24N2OS/c1-5-20-11-16-9-7-6-8-15(16)10-18-12(2)17-13(3)21-14(4)19-17/h6-9,12,18H,5,10-11H2,1-4H3. The summed E-state index contributed by atoms with van der Waals surface area (Å²) < 4.78 is 5.54. The van der Waals surface area contributed by atoms with Crippen LogP contribution in [0.15, 0.2) is 24.3 Å². The SMILES string of the molecule is CCOCc1ccccc1CNC(C)c1nc(C)sc1C. The average Bonchev–Trinajstić information content (AvgIpc) is 2.82. The molecule has 0 saturated heterocycles. The fraction of sp³-hybridized carbons (Fsp3) is 0.471. The first-order chi connectivity index (χ1) is 10.1. The van der Waals surface area contributed by atoms with E-state index >= 15 is 0 Å². The molecule has 0 radical (unpaired) electrons. The van der Waals surface area contributed by atoms with Crippen molar-refractivity contribution in [2.45, 2.75) is 46.9 Å². The van der Waals surface area contributed by atoms with Gasteiger partial charge in [-0.15, -0.1) is 11.3 Å². The van der Waals surface area contributed by atoms with E-state index in [0.29, 0.717) is 6.61 Å². The smallest absolute Gasteiger partial charge is 0.0900 e. The number of hydrogen-bond acceptors (Lipinski definition) is 4. The molecule has 0 aliphatic rings. The van der Waals surface area contributed by atoms with Gasteiger partial charge in [0, 0.05) is 24.1 Å². The summed E-state index contributed by atoms with van der Waals surface area (Å²) >= 11 is 1.76. The molecule has 0 aliphatic carbocycles. The lowest BCUT2D eigenvalue weighted by Crippen LogP contribution is -2.20. The minimum Gasteiger partial charge on any atom is -0.377 e. The Morgan fingerprint density at radius 3 is 2.57 bits per heavy atom. The number of ether oxygens (including phenoxy) is 1. The molecule has 0 fully saturated rings. The van der Waals surface area contributed by atoms with E-state index in [-0.39, 0.29) is 6.04 Å². The summed E-state index contributed by atoms with van der Waals surface area (Å²) in [6.45, 7) is 10.7. The highest BCUT2D eigenvalue weighted by atomic mass is 32.1. The lowest BCUT2D eigenvalue weighted by atomic mass is 10.1. The van der Waals surface area contributed by atoms with Gasteiger partial charge in [0.1, 0.15) is 0 Å². The van der Waals surface area contributed by atoms with Crippen LogP contribution in [0.4, 0.5) is 0 Å². The van der Waals surface area contributed by atoms with Crippen molar-refractivity contribution in [3.8, 4) is 0 Å². The minimum atomic E-state index is 0.259. The van der Waals surface area contributed by atoms with Gasteiger partial charge in [0.2, 0.25) is 0 Å². The molecule has 1 N–H and O–H groups in total. The van der Waals surface area contributed by atoms with Gasteiger partial charge in [0.25, 0.3) is 0 Å². The van der Waals surface area contributed by atoms with Crippen LogP contribution in [-0.2, 0) is 17.9 Å². The van der Waals surface area contributed by atoms with Crippen LogP contribution < -0.4 is 5.32 Å². The maximum absolute atomic E-state index is 5.54. The van der Waals surface area contributed by atoms with E-state index in [2.05, 4.69) is 55.3 Å². The third-order valence-electron chi connectivity index (χ3n) is 3.53. The molecule has 0 bridgehead atoms. The van der Waals surface area contributed by atoms with Gasteiger partial charge in [-0.2, -0.15) is 0 Å². The van der Waals surface area contributed by atoms with Crippen LogP contribution in [0.2, 0.25) is 0 Å². The number of aromatic nitrogens is 1. The van der Waals surface area contributed by atoms with Gasteiger partial charge in [-0.3, -0.25) is 0 Å². The Balaban J connectivity index is 2.01. The number of thiazole rings is 1. The summed E-state index contributed by atoms with van der Waals surface area (Å²) in [6, 6.07) is 8.70. The van der Waals surface area contributed by atoms with Crippen molar-refractivity contribution in [2.24, 2.45) is 0 Å². The van der Waals surface area contributed by atoms with Crippen LogP contribution in [0, 0.1) is 13.8 Å². The zero-order chi connectivity index (χ0) is 15.2. The number of nitrogens with one attached hydrogen (secondary N) is 1. The monoisotopic (exact) mass is 304 g/mol. The lowest BCUT2D eigenvalue weighted by molar-refractivity contribution is 0.133. The molecule has 1 atom stereocenters. The number of hydrogen-bond donors (Lipinski definition) is 1. The molecule has 0 amide bonds. The second-order valence-corrected chi connectivity index (χ2v) is 6.59. The minimum absolute atomic E-state index is 0.259. The summed E-state index contributed by atoms with van der Waals surface area (Å²) in [4.78, 5) is 5.93. The number of aryl methyl sites for hydroxylation is 2. The Kier molecular flexibility index (Phi) is 5.91. The summed E-state index contributed by atoms with van der Waals surface area (Å²) in [7, 11) is 0. The molecular weight excluding hydrogens is 280 g/mol. The summed E-state index contributed by atoms with van der Waals surface area (Å²) in [6.07, 6.45) is 0.